The molecule has 0 aliphatic carbocycles. The maximum Gasteiger partial charge on any atom is 0.134 e. The van der Waals surface area contributed by atoms with Gasteiger partial charge in [0.2, 0.25) is 0 Å². The van der Waals surface area contributed by atoms with E-state index in [2.05, 4.69) is 35.6 Å². The van der Waals surface area contributed by atoms with Crippen molar-refractivity contribution in [3.8, 4) is 0 Å². The molecule has 0 saturated carbocycles. The summed E-state index contributed by atoms with van der Waals surface area (Å²) in [7, 11) is 0. The predicted octanol–water partition coefficient (Wildman–Crippen LogP) is 3.71. The van der Waals surface area contributed by atoms with Crippen LogP contribution in [-0.4, -0.2) is 23.1 Å². The second-order valence-corrected chi connectivity index (χ2v) is 5.58. The summed E-state index contributed by atoms with van der Waals surface area (Å²) in [6.07, 6.45) is 4.55. The van der Waals surface area contributed by atoms with E-state index in [0.717, 1.165) is 31.2 Å². The van der Waals surface area contributed by atoms with E-state index in [4.69, 9.17) is 11.6 Å². The van der Waals surface area contributed by atoms with Crippen LogP contribution in [-0.2, 0) is 6.42 Å². The highest BCUT2D eigenvalue weighted by Crippen LogP contribution is 2.38. The van der Waals surface area contributed by atoms with Gasteiger partial charge in [0.05, 0.1) is 0 Å². The lowest BCUT2D eigenvalue weighted by Gasteiger charge is -2.26. The molecule has 1 fully saturated rings. The largest absolute Gasteiger partial charge is 0.356 e. The fourth-order valence-electron chi connectivity index (χ4n) is 2.73. The molecule has 0 amide bonds. The average Bonchev–Trinajstić information content (AvgIpc) is 2.83. The van der Waals surface area contributed by atoms with Gasteiger partial charge >= 0.3 is 0 Å². The van der Waals surface area contributed by atoms with Crippen molar-refractivity contribution in [1.29, 1.82) is 0 Å². The zero-order chi connectivity index (χ0) is 13.2. The summed E-state index contributed by atoms with van der Waals surface area (Å²) in [6, 6.07) is 1.89. The molecule has 0 radical (unpaired) electrons. The van der Waals surface area contributed by atoms with Gasteiger partial charge < -0.3 is 4.90 Å². The van der Waals surface area contributed by atoms with Gasteiger partial charge in [0.15, 0.2) is 0 Å². The lowest BCUT2D eigenvalue weighted by Crippen LogP contribution is -2.27. The highest BCUT2D eigenvalue weighted by atomic mass is 35.5. The van der Waals surface area contributed by atoms with Crippen molar-refractivity contribution in [3.63, 3.8) is 0 Å². The summed E-state index contributed by atoms with van der Waals surface area (Å²) in [4.78, 5) is 11.2. The van der Waals surface area contributed by atoms with Crippen LogP contribution in [0.1, 0.15) is 45.9 Å². The van der Waals surface area contributed by atoms with Crippen molar-refractivity contribution in [2.75, 3.05) is 18.0 Å². The van der Waals surface area contributed by atoms with Crippen LogP contribution in [0.25, 0.3) is 0 Å². The van der Waals surface area contributed by atoms with Gasteiger partial charge in [-0.25, -0.2) is 9.97 Å². The third-order valence-electron chi connectivity index (χ3n) is 4.31. The molecule has 1 aliphatic rings. The Kier molecular flexibility index (Phi) is 4.10. The van der Waals surface area contributed by atoms with E-state index in [1.165, 1.54) is 19.3 Å². The Bertz CT molecular complexity index is 416. The van der Waals surface area contributed by atoms with E-state index in [1.54, 1.807) is 0 Å². The molecule has 18 heavy (non-hydrogen) atoms. The van der Waals surface area contributed by atoms with Gasteiger partial charge in [-0.15, -0.1) is 0 Å². The molecule has 0 bridgehead atoms. The predicted molar refractivity (Wildman–Crippen MR) is 76.3 cm³/mol. The number of halogens is 1. The van der Waals surface area contributed by atoms with Crippen LogP contribution in [0.15, 0.2) is 6.07 Å². The van der Waals surface area contributed by atoms with Crippen molar-refractivity contribution < 1.29 is 0 Å². The second-order valence-electron chi connectivity index (χ2n) is 5.20. The number of aromatic nitrogens is 2. The third kappa shape index (κ3) is 2.61. The number of aryl methyl sites for hydroxylation is 1. The fourth-order valence-corrected chi connectivity index (χ4v) is 2.92. The van der Waals surface area contributed by atoms with E-state index in [0.29, 0.717) is 10.6 Å². The molecule has 4 heteroatoms. The van der Waals surface area contributed by atoms with Crippen LogP contribution >= 0.6 is 11.6 Å². The van der Waals surface area contributed by atoms with Gasteiger partial charge in [-0.2, -0.15) is 0 Å². The van der Waals surface area contributed by atoms with Gasteiger partial charge in [0, 0.05) is 25.6 Å². The molecule has 0 unspecified atom stereocenters. The van der Waals surface area contributed by atoms with Crippen molar-refractivity contribution >= 4 is 17.4 Å². The van der Waals surface area contributed by atoms with Crippen molar-refractivity contribution in [2.24, 2.45) is 5.41 Å². The first-order chi connectivity index (χ1) is 8.62. The summed E-state index contributed by atoms with van der Waals surface area (Å²) >= 11 is 6.07. The van der Waals surface area contributed by atoms with Crippen LogP contribution in [0.3, 0.4) is 0 Å². The van der Waals surface area contributed by atoms with Gasteiger partial charge in [0.25, 0.3) is 0 Å². The molecular weight excluding hydrogens is 246 g/mol. The molecule has 0 spiro atoms. The number of anilines is 1. The molecule has 3 nitrogen and oxygen atoms in total. The maximum absolute atomic E-state index is 6.07. The maximum atomic E-state index is 6.07. The van der Waals surface area contributed by atoms with Crippen molar-refractivity contribution in [3.05, 3.63) is 17.0 Å². The zero-order valence-electron chi connectivity index (χ0n) is 11.5. The Morgan fingerprint density at radius 1 is 1.28 bits per heavy atom. The smallest absolute Gasteiger partial charge is 0.134 e. The Balaban J connectivity index is 2.21. The third-order valence-corrected chi connectivity index (χ3v) is 4.50. The first kappa shape index (κ1) is 13.6. The minimum atomic E-state index is 0.462. The number of hydrogen-bond acceptors (Lipinski definition) is 3. The molecular formula is C14H22ClN3. The van der Waals surface area contributed by atoms with E-state index >= 15 is 0 Å². The van der Waals surface area contributed by atoms with Crippen LogP contribution in [0, 0.1) is 5.41 Å². The molecule has 1 aromatic heterocycles. The Hall–Kier alpha value is -0.830. The van der Waals surface area contributed by atoms with Crippen molar-refractivity contribution in [1.82, 2.24) is 9.97 Å². The number of rotatable bonds is 4. The molecule has 1 aromatic rings. The van der Waals surface area contributed by atoms with E-state index in [1.807, 2.05) is 6.07 Å². The van der Waals surface area contributed by atoms with Gasteiger partial charge in [-0.3, -0.25) is 0 Å². The lowest BCUT2D eigenvalue weighted by atomic mass is 9.82. The number of hydrogen-bond donors (Lipinski definition) is 0. The lowest BCUT2D eigenvalue weighted by molar-refractivity contribution is 0.301. The molecule has 1 aliphatic heterocycles. The van der Waals surface area contributed by atoms with E-state index in [9.17, 15) is 0 Å². The summed E-state index contributed by atoms with van der Waals surface area (Å²) in [5.74, 6) is 1.83. The van der Waals surface area contributed by atoms with Crippen molar-refractivity contribution in [2.45, 2.75) is 46.5 Å². The Morgan fingerprint density at radius 3 is 2.56 bits per heavy atom. The Labute approximate surface area is 115 Å². The first-order valence-electron chi connectivity index (χ1n) is 6.91. The van der Waals surface area contributed by atoms with Crippen LogP contribution in [0.5, 0.6) is 0 Å². The summed E-state index contributed by atoms with van der Waals surface area (Å²) in [5, 5.41) is 0.558. The SMILES string of the molecule is CCc1nc(Cl)cc(N2CCC(CC)(CC)C2)n1. The number of nitrogens with zero attached hydrogens (tertiary/aromatic N) is 3. The normalized spacial score (nSPS) is 18.3. The summed E-state index contributed by atoms with van der Waals surface area (Å²) < 4.78 is 0. The summed E-state index contributed by atoms with van der Waals surface area (Å²) in [6.45, 7) is 8.81. The molecule has 2 heterocycles. The monoisotopic (exact) mass is 267 g/mol. The molecule has 0 atom stereocenters. The van der Waals surface area contributed by atoms with Gasteiger partial charge in [-0.1, -0.05) is 32.4 Å². The molecule has 1 saturated heterocycles. The summed E-state index contributed by atoms with van der Waals surface area (Å²) in [5.41, 5.74) is 0.462. The van der Waals surface area contributed by atoms with E-state index in [-0.39, 0.29) is 0 Å². The quantitative estimate of drug-likeness (QED) is 0.779. The first-order valence-corrected chi connectivity index (χ1v) is 7.28. The molecule has 0 N–H and O–H groups in total. The Morgan fingerprint density at radius 2 is 2.00 bits per heavy atom. The van der Waals surface area contributed by atoms with Crippen LogP contribution in [0.4, 0.5) is 5.82 Å². The molecule has 0 aromatic carbocycles. The second kappa shape index (κ2) is 5.43. The van der Waals surface area contributed by atoms with Crippen LogP contribution < -0.4 is 4.90 Å². The minimum Gasteiger partial charge on any atom is -0.356 e. The van der Waals surface area contributed by atoms with Gasteiger partial charge in [0.1, 0.15) is 16.8 Å². The average molecular weight is 268 g/mol. The topological polar surface area (TPSA) is 29.0 Å². The zero-order valence-corrected chi connectivity index (χ0v) is 12.3. The molecule has 2 rings (SSSR count). The van der Waals surface area contributed by atoms with E-state index < -0.39 is 0 Å². The standard InChI is InChI=1S/C14H22ClN3/c1-4-12-16-11(15)9-13(17-12)18-8-7-14(5-2,6-3)10-18/h9H,4-8,10H2,1-3H3. The van der Waals surface area contributed by atoms with Gasteiger partial charge in [-0.05, 0) is 24.7 Å². The fraction of sp³-hybridized carbons (Fsp3) is 0.714. The molecule has 100 valence electrons. The highest BCUT2D eigenvalue weighted by Gasteiger charge is 2.35. The van der Waals surface area contributed by atoms with Crippen LogP contribution in [0.2, 0.25) is 5.15 Å². The highest BCUT2D eigenvalue weighted by molar-refractivity contribution is 6.29. The minimum absolute atomic E-state index is 0.462.